The molecule has 3 aromatic rings. The van der Waals surface area contributed by atoms with Gasteiger partial charge in [-0.15, -0.1) is 0 Å². The van der Waals surface area contributed by atoms with Gasteiger partial charge in [0.1, 0.15) is 6.04 Å². The topological polar surface area (TPSA) is 71.3 Å². The molecule has 5 heteroatoms. The summed E-state index contributed by atoms with van der Waals surface area (Å²) in [5, 5.41) is 5.78. The quantitative estimate of drug-likeness (QED) is 0.556. The van der Waals surface area contributed by atoms with E-state index in [1.165, 1.54) is 17.4 Å². The van der Waals surface area contributed by atoms with Crippen LogP contribution in [-0.2, 0) is 4.79 Å². The van der Waals surface area contributed by atoms with Crippen LogP contribution in [0.1, 0.15) is 47.9 Å². The Labute approximate surface area is 177 Å². The molecule has 0 unspecified atom stereocenters. The summed E-state index contributed by atoms with van der Waals surface area (Å²) in [5.41, 5.74) is 2.42. The van der Waals surface area contributed by atoms with Gasteiger partial charge in [0.15, 0.2) is 5.76 Å². The van der Waals surface area contributed by atoms with Crippen molar-refractivity contribution in [2.45, 2.75) is 32.2 Å². The van der Waals surface area contributed by atoms with Gasteiger partial charge in [-0.25, -0.2) is 0 Å². The Bertz CT molecular complexity index is 882. The summed E-state index contributed by atoms with van der Waals surface area (Å²) in [4.78, 5) is 25.1. The molecule has 156 valence electrons. The summed E-state index contributed by atoms with van der Waals surface area (Å²) in [6.45, 7) is 4.32. The minimum Gasteiger partial charge on any atom is -0.459 e. The predicted molar refractivity (Wildman–Crippen MR) is 117 cm³/mol. The van der Waals surface area contributed by atoms with Gasteiger partial charge in [-0.1, -0.05) is 74.5 Å². The monoisotopic (exact) mass is 404 g/mol. The molecular formula is C25H28N2O3. The third-order valence-electron chi connectivity index (χ3n) is 5.12. The Kier molecular flexibility index (Phi) is 7.44. The van der Waals surface area contributed by atoms with Crippen molar-refractivity contribution in [2.24, 2.45) is 5.92 Å². The van der Waals surface area contributed by atoms with Gasteiger partial charge in [-0.3, -0.25) is 9.59 Å². The largest absolute Gasteiger partial charge is 0.459 e. The molecule has 0 saturated heterocycles. The summed E-state index contributed by atoms with van der Waals surface area (Å²) < 4.78 is 5.12. The smallest absolute Gasteiger partial charge is 0.287 e. The second kappa shape index (κ2) is 10.4. The van der Waals surface area contributed by atoms with Crippen LogP contribution in [0, 0.1) is 5.92 Å². The van der Waals surface area contributed by atoms with Crippen LogP contribution >= 0.6 is 0 Å². The molecule has 1 atom stereocenters. The Morgan fingerprint density at radius 3 is 1.97 bits per heavy atom. The first-order chi connectivity index (χ1) is 14.6. The van der Waals surface area contributed by atoms with Gasteiger partial charge < -0.3 is 15.1 Å². The highest BCUT2D eigenvalue weighted by molar-refractivity contribution is 5.95. The predicted octanol–water partition coefficient (Wildman–Crippen LogP) is 4.37. The van der Waals surface area contributed by atoms with Crippen molar-refractivity contribution in [3.63, 3.8) is 0 Å². The van der Waals surface area contributed by atoms with E-state index in [4.69, 9.17) is 4.42 Å². The van der Waals surface area contributed by atoms with E-state index in [0.29, 0.717) is 6.54 Å². The van der Waals surface area contributed by atoms with Gasteiger partial charge in [-0.05, 0) is 35.6 Å². The molecule has 0 spiro atoms. The molecule has 0 fully saturated rings. The fourth-order valence-corrected chi connectivity index (χ4v) is 3.50. The SMILES string of the molecule is CC(C)[C@H](NC(=O)c1ccco1)C(=O)NCCC(c1ccccc1)c1ccccc1. The van der Waals surface area contributed by atoms with Gasteiger partial charge in [-0.2, -0.15) is 0 Å². The molecule has 30 heavy (non-hydrogen) atoms. The van der Waals surface area contributed by atoms with E-state index in [9.17, 15) is 9.59 Å². The highest BCUT2D eigenvalue weighted by Crippen LogP contribution is 2.27. The van der Waals surface area contributed by atoms with Gasteiger partial charge in [0, 0.05) is 12.5 Å². The summed E-state index contributed by atoms with van der Waals surface area (Å²) in [7, 11) is 0. The third-order valence-corrected chi connectivity index (χ3v) is 5.12. The number of amides is 2. The zero-order chi connectivity index (χ0) is 21.3. The fraction of sp³-hybridized carbons (Fsp3) is 0.280. The van der Waals surface area contributed by atoms with Crippen molar-refractivity contribution in [3.8, 4) is 0 Å². The molecule has 3 rings (SSSR count). The van der Waals surface area contributed by atoms with Gasteiger partial charge in [0.2, 0.25) is 5.91 Å². The molecule has 1 aromatic heterocycles. The maximum atomic E-state index is 12.8. The Morgan fingerprint density at radius 1 is 0.867 bits per heavy atom. The second-order valence-electron chi connectivity index (χ2n) is 7.63. The van der Waals surface area contributed by atoms with Crippen molar-refractivity contribution in [3.05, 3.63) is 95.9 Å². The molecule has 0 saturated carbocycles. The van der Waals surface area contributed by atoms with Crippen LogP contribution in [0.15, 0.2) is 83.5 Å². The van der Waals surface area contributed by atoms with Gasteiger partial charge in [0.25, 0.3) is 5.91 Å². The normalized spacial score (nSPS) is 12.0. The number of hydrogen-bond acceptors (Lipinski definition) is 3. The zero-order valence-corrected chi connectivity index (χ0v) is 17.4. The summed E-state index contributed by atoms with van der Waals surface area (Å²) in [6, 6.07) is 23.2. The minimum absolute atomic E-state index is 0.0528. The molecule has 1 heterocycles. The lowest BCUT2D eigenvalue weighted by Gasteiger charge is -2.23. The van der Waals surface area contributed by atoms with E-state index >= 15 is 0 Å². The highest BCUT2D eigenvalue weighted by atomic mass is 16.3. The summed E-state index contributed by atoms with van der Waals surface area (Å²) in [5.74, 6) is -0.252. The average molecular weight is 405 g/mol. The third kappa shape index (κ3) is 5.60. The fourth-order valence-electron chi connectivity index (χ4n) is 3.50. The number of rotatable bonds is 9. The lowest BCUT2D eigenvalue weighted by molar-refractivity contribution is -0.123. The van der Waals surface area contributed by atoms with E-state index in [1.54, 1.807) is 12.1 Å². The van der Waals surface area contributed by atoms with Crippen LogP contribution < -0.4 is 10.6 Å². The molecule has 5 nitrogen and oxygen atoms in total. The maximum Gasteiger partial charge on any atom is 0.287 e. The van der Waals surface area contributed by atoms with E-state index in [2.05, 4.69) is 34.9 Å². The van der Waals surface area contributed by atoms with E-state index in [-0.39, 0.29) is 29.4 Å². The molecule has 2 N–H and O–H groups in total. The Balaban J connectivity index is 1.63. The highest BCUT2D eigenvalue weighted by Gasteiger charge is 2.25. The number of furan rings is 1. The van der Waals surface area contributed by atoms with Crippen LogP contribution in [0.3, 0.4) is 0 Å². The van der Waals surface area contributed by atoms with Crippen LogP contribution in [0.5, 0.6) is 0 Å². The number of carbonyl (C=O) groups excluding carboxylic acids is 2. The van der Waals surface area contributed by atoms with E-state index < -0.39 is 6.04 Å². The first kappa shape index (κ1) is 21.4. The molecule has 0 aliphatic carbocycles. The average Bonchev–Trinajstić information content (AvgIpc) is 3.31. The van der Waals surface area contributed by atoms with Crippen LogP contribution in [0.25, 0.3) is 0 Å². The lowest BCUT2D eigenvalue weighted by atomic mass is 9.88. The standard InChI is InChI=1S/C25H28N2O3/c1-18(2)23(27-24(28)22-14-9-17-30-22)25(29)26-16-15-21(19-10-5-3-6-11-19)20-12-7-4-8-13-20/h3-14,17-18,21,23H,15-16H2,1-2H3,(H,26,29)(H,27,28)/t23-/m0/s1. The molecule has 2 aromatic carbocycles. The molecule has 2 amide bonds. The lowest BCUT2D eigenvalue weighted by Crippen LogP contribution is -2.49. The first-order valence-corrected chi connectivity index (χ1v) is 10.3. The number of nitrogens with one attached hydrogen (secondary N) is 2. The number of benzene rings is 2. The number of carbonyl (C=O) groups is 2. The van der Waals surface area contributed by atoms with Crippen molar-refractivity contribution in [1.29, 1.82) is 0 Å². The van der Waals surface area contributed by atoms with E-state index in [1.807, 2.05) is 50.2 Å². The van der Waals surface area contributed by atoms with Crippen molar-refractivity contribution < 1.29 is 14.0 Å². The zero-order valence-electron chi connectivity index (χ0n) is 17.4. The van der Waals surface area contributed by atoms with E-state index in [0.717, 1.165) is 6.42 Å². The molecule has 0 aliphatic heterocycles. The van der Waals surface area contributed by atoms with Crippen molar-refractivity contribution in [2.75, 3.05) is 6.54 Å². The minimum atomic E-state index is -0.630. The molecule has 0 aliphatic rings. The Hall–Kier alpha value is -3.34. The Morgan fingerprint density at radius 2 is 1.47 bits per heavy atom. The second-order valence-corrected chi connectivity index (χ2v) is 7.63. The van der Waals surface area contributed by atoms with Crippen molar-refractivity contribution in [1.82, 2.24) is 10.6 Å². The first-order valence-electron chi connectivity index (χ1n) is 10.3. The number of hydrogen-bond donors (Lipinski definition) is 2. The van der Waals surface area contributed by atoms with Crippen LogP contribution in [0.2, 0.25) is 0 Å². The van der Waals surface area contributed by atoms with Crippen LogP contribution in [0.4, 0.5) is 0 Å². The maximum absolute atomic E-state index is 12.8. The molecule has 0 radical (unpaired) electrons. The van der Waals surface area contributed by atoms with Crippen LogP contribution in [-0.4, -0.2) is 24.4 Å². The molecular weight excluding hydrogens is 376 g/mol. The van der Waals surface area contributed by atoms with Gasteiger partial charge >= 0.3 is 0 Å². The molecule has 0 bridgehead atoms. The van der Waals surface area contributed by atoms with Gasteiger partial charge in [0.05, 0.1) is 6.26 Å². The summed E-state index contributed by atoms with van der Waals surface area (Å²) >= 11 is 0. The van der Waals surface area contributed by atoms with Crippen molar-refractivity contribution >= 4 is 11.8 Å². The summed E-state index contributed by atoms with van der Waals surface area (Å²) in [6.07, 6.45) is 2.20.